The van der Waals surface area contributed by atoms with Gasteiger partial charge in [-0.05, 0) is 36.6 Å². The van der Waals surface area contributed by atoms with Crippen molar-refractivity contribution in [2.75, 3.05) is 11.1 Å². The molecule has 0 atom stereocenters. The third kappa shape index (κ3) is 4.20. The van der Waals surface area contributed by atoms with Crippen LogP contribution in [-0.2, 0) is 11.3 Å². The number of nitrogens with zero attached hydrogens (tertiary/aromatic N) is 3. The van der Waals surface area contributed by atoms with E-state index in [1.54, 1.807) is 11.3 Å². The van der Waals surface area contributed by atoms with Crippen LogP contribution in [0.5, 0.6) is 0 Å². The van der Waals surface area contributed by atoms with Gasteiger partial charge in [0.25, 0.3) is 0 Å². The molecule has 0 radical (unpaired) electrons. The van der Waals surface area contributed by atoms with Crippen molar-refractivity contribution in [3.63, 3.8) is 0 Å². The maximum atomic E-state index is 13.1. The van der Waals surface area contributed by atoms with E-state index in [1.807, 2.05) is 29.0 Å². The fourth-order valence-corrected chi connectivity index (χ4v) is 3.87. The minimum atomic E-state index is -0.522. The Morgan fingerprint density at radius 3 is 2.92 bits per heavy atom. The molecule has 1 N–H and O–H groups in total. The van der Waals surface area contributed by atoms with Crippen molar-refractivity contribution in [2.24, 2.45) is 0 Å². The highest BCUT2D eigenvalue weighted by atomic mass is 35.5. The van der Waals surface area contributed by atoms with Gasteiger partial charge < -0.3 is 9.88 Å². The van der Waals surface area contributed by atoms with Gasteiger partial charge in [0.2, 0.25) is 5.91 Å². The van der Waals surface area contributed by atoms with Crippen molar-refractivity contribution < 1.29 is 9.18 Å². The van der Waals surface area contributed by atoms with Crippen LogP contribution in [0.1, 0.15) is 6.92 Å². The van der Waals surface area contributed by atoms with Gasteiger partial charge in [-0.1, -0.05) is 29.4 Å². The van der Waals surface area contributed by atoms with Crippen LogP contribution < -0.4 is 5.32 Å². The zero-order valence-corrected chi connectivity index (χ0v) is 15.6. The van der Waals surface area contributed by atoms with Crippen LogP contribution in [0.15, 0.2) is 40.9 Å². The number of nitrogens with one attached hydrogen (secondary N) is 1. The SMILES string of the molecule is CCn1c(SCC(=O)Nc2ccc(F)c(Cl)c2)nnc1-c1cccs1. The predicted molar refractivity (Wildman–Crippen MR) is 99.8 cm³/mol. The second-order valence-electron chi connectivity index (χ2n) is 4.99. The first-order chi connectivity index (χ1) is 12.1. The van der Waals surface area contributed by atoms with E-state index in [9.17, 15) is 9.18 Å². The molecular weight excluding hydrogens is 383 g/mol. The Balaban J connectivity index is 1.65. The number of halogens is 2. The van der Waals surface area contributed by atoms with E-state index in [1.165, 1.54) is 30.0 Å². The van der Waals surface area contributed by atoms with Gasteiger partial charge >= 0.3 is 0 Å². The first-order valence-electron chi connectivity index (χ1n) is 7.43. The smallest absolute Gasteiger partial charge is 0.234 e. The Bertz CT molecular complexity index is 882. The molecule has 0 aliphatic carbocycles. The first kappa shape index (κ1) is 17.9. The van der Waals surface area contributed by atoms with Crippen LogP contribution in [0.25, 0.3) is 10.7 Å². The lowest BCUT2D eigenvalue weighted by Gasteiger charge is -2.07. The van der Waals surface area contributed by atoms with Crippen LogP contribution in [0.4, 0.5) is 10.1 Å². The number of amides is 1. The summed E-state index contributed by atoms with van der Waals surface area (Å²) in [6.07, 6.45) is 0. The summed E-state index contributed by atoms with van der Waals surface area (Å²) in [5.41, 5.74) is 0.452. The van der Waals surface area contributed by atoms with E-state index in [2.05, 4.69) is 15.5 Å². The van der Waals surface area contributed by atoms with Crippen molar-refractivity contribution in [1.29, 1.82) is 0 Å². The molecule has 0 saturated heterocycles. The Morgan fingerprint density at radius 1 is 1.40 bits per heavy atom. The highest BCUT2D eigenvalue weighted by molar-refractivity contribution is 7.99. The normalized spacial score (nSPS) is 10.8. The van der Waals surface area contributed by atoms with Gasteiger partial charge in [0.15, 0.2) is 11.0 Å². The average Bonchev–Trinajstić information content (AvgIpc) is 3.24. The predicted octanol–water partition coefficient (Wildman–Crippen LogP) is 4.55. The molecule has 9 heteroatoms. The highest BCUT2D eigenvalue weighted by Crippen LogP contribution is 2.27. The van der Waals surface area contributed by atoms with Crippen molar-refractivity contribution in [3.05, 3.63) is 46.6 Å². The number of hydrogen-bond donors (Lipinski definition) is 1. The molecule has 5 nitrogen and oxygen atoms in total. The number of thiophene rings is 1. The number of carbonyl (C=O) groups is 1. The van der Waals surface area contributed by atoms with E-state index in [0.29, 0.717) is 17.4 Å². The van der Waals surface area contributed by atoms with E-state index in [-0.39, 0.29) is 16.7 Å². The standard InChI is InChI=1S/C16H14ClFN4OS2/c1-2-22-15(13-4-3-7-24-13)20-21-16(22)25-9-14(23)19-10-5-6-12(18)11(17)8-10/h3-8H,2,9H2,1H3,(H,19,23). The van der Waals surface area contributed by atoms with Gasteiger partial charge in [0.05, 0.1) is 15.7 Å². The van der Waals surface area contributed by atoms with Gasteiger partial charge in [-0.25, -0.2) is 4.39 Å². The minimum absolute atomic E-state index is 0.0308. The molecule has 1 aromatic carbocycles. The fourth-order valence-electron chi connectivity index (χ4n) is 2.17. The number of thioether (sulfide) groups is 1. The van der Waals surface area contributed by atoms with E-state index >= 15 is 0 Å². The molecule has 130 valence electrons. The molecule has 0 bridgehead atoms. The van der Waals surface area contributed by atoms with Gasteiger partial charge in [0.1, 0.15) is 5.82 Å². The van der Waals surface area contributed by atoms with Crippen molar-refractivity contribution in [2.45, 2.75) is 18.6 Å². The molecule has 0 unspecified atom stereocenters. The summed E-state index contributed by atoms with van der Waals surface area (Å²) in [6.45, 7) is 2.71. The lowest BCUT2D eigenvalue weighted by atomic mass is 10.3. The van der Waals surface area contributed by atoms with E-state index < -0.39 is 5.82 Å². The van der Waals surface area contributed by atoms with Gasteiger partial charge in [0, 0.05) is 12.2 Å². The number of aromatic nitrogens is 3. The molecule has 0 aliphatic rings. The summed E-state index contributed by atoms with van der Waals surface area (Å²) in [4.78, 5) is 13.1. The van der Waals surface area contributed by atoms with Crippen LogP contribution in [-0.4, -0.2) is 26.4 Å². The summed E-state index contributed by atoms with van der Waals surface area (Å²) in [5.74, 6) is 0.213. The maximum absolute atomic E-state index is 13.1. The van der Waals surface area contributed by atoms with Crippen molar-refractivity contribution in [3.8, 4) is 10.7 Å². The van der Waals surface area contributed by atoms with Crippen LogP contribution >= 0.6 is 34.7 Å². The summed E-state index contributed by atoms with van der Waals surface area (Å²) >= 11 is 8.60. The Hall–Kier alpha value is -1.90. The summed E-state index contributed by atoms with van der Waals surface area (Å²) in [7, 11) is 0. The van der Waals surface area contributed by atoms with Gasteiger partial charge in [-0.3, -0.25) is 4.79 Å². The fraction of sp³-hybridized carbons (Fsp3) is 0.188. The lowest BCUT2D eigenvalue weighted by molar-refractivity contribution is -0.113. The monoisotopic (exact) mass is 396 g/mol. The van der Waals surface area contributed by atoms with E-state index in [0.717, 1.165) is 10.7 Å². The largest absolute Gasteiger partial charge is 0.325 e. The second kappa shape index (κ2) is 7.99. The van der Waals surface area contributed by atoms with Crippen LogP contribution in [0.2, 0.25) is 5.02 Å². The van der Waals surface area contributed by atoms with Gasteiger partial charge in [-0.2, -0.15) is 0 Å². The molecule has 2 heterocycles. The number of rotatable bonds is 6. The topological polar surface area (TPSA) is 59.8 Å². The Kier molecular flexibility index (Phi) is 5.72. The average molecular weight is 397 g/mol. The molecule has 3 aromatic rings. The summed E-state index contributed by atoms with van der Waals surface area (Å²) < 4.78 is 15.1. The zero-order valence-electron chi connectivity index (χ0n) is 13.2. The number of benzene rings is 1. The summed E-state index contributed by atoms with van der Waals surface area (Å²) in [5, 5.41) is 13.7. The number of anilines is 1. The first-order valence-corrected chi connectivity index (χ1v) is 9.67. The molecule has 0 fully saturated rings. The third-order valence-corrected chi connectivity index (χ3v) is 5.43. The number of carbonyl (C=O) groups excluding carboxylic acids is 1. The molecule has 3 rings (SSSR count). The quantitative estimate of drug-likeness (QED) is 0.621. The zero-order chi connectivity index (χ0) is 17.8. The van der Waals surface area contributed by atoms with Crippen molar-refractivity contribution in [1.82, 2.24) is 14.8 Å². The molecule has 25 heavy (non-hydrogen) atoms. The highest BCUT2D eigenvalue weighted by Gasteiger charge is 2.15. The molecule has 1 amide bonds. The number of hydrogen-bond acceptors (Lipinski definition) is 5. The van der Waals surface area contributed by atoms with Crippen LogP contribution in [0, 0.1) is 5.82 Å². The van der Waals surface area contributed by atoms with E-state index in [4.69, 9.17) is 11.6 Å². The molecule has 0 saturated carbocycles. The minimum Gasteiger partial charge on any atom is -0.325 e. The van der Waals surface area contributed by atoms with Crippen LogP contribution in [0.3, 0.4) is 0 Å². The summed E-state index contributed by atoms with van der Waals surface area (Å²) in [6, 6.07) is 8.01. The molecule has 0 aliphatic heterocycles. The molecule has 0 spiro atoms. The molecular formula is C16H14ClFN4OS2. The molecule has 2 aromatic heterocycles. The Morgan fingerprint density at radius 2 is 2.24 bits per heavy atom. The maximum Gasteiger partial charge on any atom is 0.234 e. The lowest BCUT2D eigenvalue weighted by Crippen LogP contribution is -2.14. The second-order valence-corrected chi connectivity index (χ2v) is 7.29. The Labute approximate surface area is 157 Å². The third-order valence-electron chi connectivity index (χ3n) is 3.31. The van der Waals surface area contributed by atoms with Gasteiger partial charge in [-0.15, -0.1) is 21.5 Å². The van der Waals surface area contributed by atoms with Crippen molar-refractivity contribution >= 4 is 46.3 Å².